The number of rotatable bonds is 3. The zero-order valence-corrected chi connectivity index (χ0v) is 16.3. The first-order chi connectivity index (χ1) is 11.2. The second kappa shape index (κ2) is 9.65. The Bertz CT molecular complexity index is 531. The Labute approximate surface area is 152 Å². The minimum absolute atomic E-state index is 0.0915. The van der Waals surface area contributed by atoms with E-state index in [0.717, 1.165) is 25.7 Å². The van der Waals surface area contributed by atoms with Crippen LogP contribution in [-0.4, -0.2) is 18.4 Å². The first-order valence-corrected chi connectivity index (χ1v) is 9.53. The van der Waals surface area contributed by atoms with Gasteiger partial charge in [0.05, 0.1) is 4.47 Å². The molecule has 0 aliphatic heterocycles. The number of ether oxygens (including phenoxy) is 2. The molecule has 8 heteroatoms. The van der Waals surface area contributed by atoms with E-state index < -0.39 is 17.4 Å². The maximum Gasteiger partial charge on any atom is 0.573 e. The standard InChI is InChI=1S/C13H14BrF3O3S.C3H8/c1-7-3-2-4-8(5-7)19-11(18)10-6-9(14)12(21-10)20-13(15,16)17;1-3-2/h6-8H,2-5H2,1H3;3H2,1-2H3. The van der Waals surface area contributed by atoms with Gasteiger partial charge >= 0.3 is 12.3 Å². The molecule has 24 heavy (non-hydrogen) atoms. The van der Waals surface area contributed by atoms with Gasteiger partial charge in [0.1, 0.15) is 11.0 Å². The summed E-state index contributed by atoms with van der Waals surface area (Å²) in [6.07, 6.45) is 0.0123. The first kappa shape index (κ1) is 21.3. The molecule has 1 heterocycles. The summed E-state index contributed by atoms with van der Waals surface area (Å²) in [6.45, 7) is 6.34. The normalized spacial score (nSPS) is 20.8. The van der Waals surface area contributed by atoms with E-state index >= 15 is 0 Å². The van der Waals surface area contributed by atoms with E-state index in [4.69, 9.17) is 4.74 Å². The van der Waals surface area contributed by atoms with Crippen molar-refractivity contribution in [3.8, 4) is 5.06 Å². The molecule has 138 valence electrons. The molecule has 0 spiro atoms. The molecule has 2 rings (SSSR count). The molecule has 0 N–H and O–H groups in total. The predicted octanol–water partition coefficient (Wildman–Crippen LogP) is 6.56. The molecule has 1 aromatic rings. The molecule has 1 fully saturated rings. The zero-order chi connectivity index (χ0) is 18.3. The van der Waals surface area contributed by atoms with E-state index in [2.05, 4.69) is 41.4 Å². The van der Waals surface area contributed by atoms with Crippen LogP contribution in [0.1, 0.15) is 62.5 Å². The molecular weight excluding hydrogens is 409 g/mol. The molecular formula is C16H22BrF3O3S. The Morgan fingerprint density at radius 2 is 2.00 bits per heavy atom. The number of hydrogen-bond acceptors (Lipinski definition) is 4. The van der Waals surface area contributed by atoms with E-state index in [-0.39, 0.29) is 15.5 Å². The van der Waals surface area contributed by atoms with Crippen LogP contribution in [0.3, 0.4) is 0 Å². The highest BCUT2D eigenvalue weighted by molar-refractivity contribution is 9.10. The lowest BCUT2D eigenvalue weighted by atomic mass is 9.89. The van der Waals surface area contributed by atoms with Gasteiger partial charge in [-0.15, -0.1) is 13.2 Å². The average molecular weight is 431 g/mol. The van der Waals surface area contributed by atoms with Gasteiger partial charge in [0.25, 0.3) is 0 Å². The lowest BCUT2D eigenvalue weighted by Gasteiger charge is -2.26. The minimum Gasteiger partial charge on any atom is -0.458 e. The van der Waals surface area contributed by atoms with Crippen LogP contribution in [0.5, 0.6) is 5.06 Å². The van der Waals surface area contributed by atoms with Crippen LogP contribution in [0.15, 0.2) is 10.5 Å². The van der Waals surface area contributed by atoms with Crippen molar-refractivity contribution in [2.24, 2.45) is 5.92 Å². The second-order valence-electron chi connectivity index (χ2n) is 5.80. The van der Waals surface area contributed by atoms with Crippen molar-refractivity contribution < 1.29 is 27.4 Å². The smallest absolute Gasteiger partial charge is 0.458 e. The van der Waals surface area contributed by atoms with Crippen molar-refractivity contribution in [2.75, 3.05) is 0 Å². The highest BCUT2D eigenvalue weighted by Crippen LogP contribution is 2.39. The van der Waals surface area contributed by atoms with Crippen LogP contribution in [-0.2, 0) is 4.74 Å². The van der Waals surface area contributed by atoms with Crippen molar-refractivity contribution in [1.29, 1.82) is 0 Å². The highest BCUT2D eigenvalue weighted by Gasteiger charge is 2.34. The van der Waals surface area contributed by atoms with Gasteiger partial charge in [-0.2, -0.15) is 0 Å². The third kappa shape index (κ3) is 7.42. The number of alkyl halides is 3. The lowest BCUT2D eigenvalue weighted by Crippen LogP contribution is -2.24. The van der Waals surface area contributed by atoms with Crippen LogP contribution >= 0.6 is 27.3 Å². The van der Waals surface area contributed by atoms with Gasteiger partial charge < -0.3 is 9.47 Å². The molecule has 2 unspecified atom stereocenters. The highest BCUT2D eigenvalue weighted by atomic mass is 79.9. The van der Waals surface area contributed by atoms with Gasteiger partial charge in [-0.05, 0) is 47.2 Å². The number of esters is 1. The Morgan fingerprint density at radius 3 is 2.54 bits per heavy atom. The van der Waals surface area contributed by atoms with Crippen molar-refractivity contribution in [1.82, 2.24) is 0 Å². The van der Waals surface area contributed by atoms with Crippen LogP contribution in [0.4, 0.5) is 13.2 Å². The van der Waals surface area contributed by atoms with E-state index in [1.54, 1.807) is 0 Å². The Hall–Kier alpha value is -0.760. The van der Waals surface area contributed by atoms with Gasteiger partial charge in [-0.25, -0.2) is 4.79 Å². The fourth-order valence-corrected chi connectivity index (χ4v) is 3.83. The quantitative estimate of drug-likeness (QED) is 0.509. The molecule has 1 aromatic heterocycles. The Morgan fingerprint density at radius 1 is 1.38 bits per heavy atom. The Balaban J connectivity index is 0.000000891. The third-order valence-corrected chi connectivity index (χ3v) is 5.07. The minimum atomic E-state index is -4.78. The maximum absolute atomic E-state index is 12.2. The lowest BCUT2D eigenvalue weighted by molar-refractivity contribution is -0.273. The molecule has 0 aromatic carbocycles. The van der Waals surface area contributed by atoms with Crippen LogP contribution in [0.25, 0.3) is 0 Å². The molecule has 1 aliphatic carbocycles. The first-order valence-electron chi connectivity index (χ1n) is 7.92. The molecule has 0 radical (unpaired) electrons. The van der Waals surface area contributed by atoms with E-state index in [9.17, 15) is 18.0 Å². The summed E-state index contributed by atoms with van der Waals surface area (Å²) < 4.78 is 45.9. The molecule has 1 aliphatic rings. The van der Waals surface area contributed by atoms with Crippen molar-refractivity contribution in [3.63, 3.8) is 0 Å². The number of carbonyl (C=O) groups excluding carboxylic acids is 1. The number of carbonyl (C=O) groups is 1. The van der Waals surface area contributed by atoms with Crippen LogP contribution in [0, 0.1) is 5.92 Å². The van der Waals surface area contributed by atoms with Crippen molar-refractivity contribution in [3.05, 3.63) is 15.4 Å². The summed E-state index contributed by atoms with van der Waals surface area (Å²) in [6, 6.07) is 1.29. The van der Waals surface area contributed by atoms with Crippen molar-refractivity contribution >= 4 is 33.2 Å². The largest absolute Gasteiger partial charge is 0.573 e. The maximum atomic E-state index is 12.2. The van der Waals surface area contributed by atoms with E-state index in [0.29, 0.717) is 17.3 Å². The summed E-state index contributed by atoms with van der Waals surface area (Å²) in [5.41, 5.74) is 0. The Kier molecular flexibility index (Phi) is 8.56. The topological polar surface area (TPSA) is 35.5 Å². The van der Waals surface area contributed by atoms with Gasteiger partial charge in [-0.3, -0.25) is 0 Å². The third-order valence-electron chi connectivity index (χ3n) is 3.23. The molecule has 2 atom stereocenters. The molecule has 0 amide bonds. The average Bonchev–Trinajstić information content (AvgIpc) is 2.79. The number of thiophene rings is 1. The summed E-state index contributed by atoms with van der Waals surface area (Å²) in [5, 5.41) is -0.397. The van der Waals surface area contributed by atoms with Gasteiger partial charge in [-0.1, -0.05) is 44.9 Å². The monoisotopic (exact) mass is 430 g/mol. The van der Waals surface area contributed by atoms with E-state index in [1.807, 2.05) is 0 Å². The number of halogens is 4. The van der Waals surface area contributed by atoms with Gasteiger partial charge in [0, 0.05) is 0 Å². The molecule has 0 bridgehead atoms. The summed E-state index contributed by atoms with van der Waals surface area (Å²) >= 11 is 3.57. The zero-order valence-electron chi connectivity index (χ0n) is 13.9. The van der Waals surface area contributed by atoms with Gasteiger partial charge in [0.2, 0.25) is 0 Å². The van der Waals surface area contributed by atoms with E-state index in [1.165, 1.54) is 12.5 Å². The summed E-state index contributed by atoms with van der Waals surface area (Å²) in [5.74, 6) is -0.104. The molecule has 1 saturated carbocycles. The molecule has 0 saturated heterocycles. The summed E-state index contributed by atoms with van der Waals surface area (Å²) in [4.78, 5) is 12.1. The SMILES string of the molecule is CC1CCCC(OC(=O)c2cc(Br)c(OC(F)(F)F)s2)C1.CCC. The summed E-state index contributed by atoms with van der Waals surface area (Å²) in [7, 11) is 0. The second-order valence-corrected chi connectivity index (χ2v) is 7.67. The predicted molar refractivity (Wildman–Crippen MR) is 91.5 cm³/mol. The van der Waals surface area contributed by atoms with Crippen LogP contribution in [0.2, 0.25) is 0 Å². The van der Waals surface area contributed by atoms with Gasteiger partial charge in [0.15, 0.2) is 5.06 Å². The number of hydrogen-bond donors (Lipinski definition) is 0. The molecule has 3 nitrogen and oxygen atoms in total. The van der Waals surface area contributed by atoms with Crippen LogP contribution < -0.4 is 4.74 Å². The fraction of sp³-hybridized carbons (Fsp3) is 0.688. The fourth-order valence-electron chi connectivity index (χ4n) is 2.32. The van der Waals surface area contributed by atoms with Crippen molar-refractivity contribution in [2.45, 2.75) is 65.3 Å².